The predicted octanol–water partition coefficient (Wildman–Crippen LogP) is 1.58. The summed E-state index contributed by atoms with van der Waals surface area (Å²) in [5, 5.41) is 14.6. The minimum atomic E-state index is -0.872. The Morgan fingerprint density at radius 3 is 2.93 bits per heavy atom. The standard InChI is InChI=1S/C9H14N2O2S/c1-3-4-10-8(9(12)13)7-5-14-6(2)11-7/h5,8,10H,3-4H2,1-2H3,(H,12,13). The number of aromatic nitrogens is 1. The molecular formula is C9H14N2O2S. The summed E-state index contributed by atoms with van der Waals surface area (Å²) in [6.45, 7) is 4.55. The van der Waals surface area contributed by atoms with Crippen molar-refractivity contribution in [2.45, 2.75) is 26.3 Å². The number of thiazole rings is 1. The molecule has 5 heteroatoms. The smallest absolute Gasteiger partial charge is 0.327 e. The Hall–Kier alpha value is -0.940. The second-order valence-electron chi connectivity index (χ2n) is 3.02. The first-order chi connectivity index (χ1) is 6.65. The van der Waals surface area contributed by atoms with E-state index in [0.29, 0.717) is 12.2 Å². The topological polar surface area (TPSA) is 62.2 Å². The molecule has 0 bridgehead atoms. The molecule has 0 aromatic carbocycles. The van der Waals surface area contributed by atoms with E-state index in [9.17, 15) is 4.79 Å². The lowest BCUT2D eigenvalue weighted by atomic mass is 10.2. The number of carboxylic acid groups (broad SMARTS) is 1. The third-order valence-corrected chi connectivity index (χ3v) is 2.57. The van der Waals surface area contributed by atoms with Crippen LogP contribution in [-0.4, -0.2) is 22.6 Å². The van der Waals surface area contributed by atoms with E-state index >= 15 is 0 Å². The molecule has 1 rings (SSSR count). The van der Waals surface area contributed by atoms with Crippen molar-refractivity contribution < 1.29 is 9.90 Å². The van der Waals surface area contributed by atoms with Gasteiger partial charge < -0.3 is 5.11 Å². The Balaban J connectivity index is 2.72. The molecule has 0 spiro atoms. The molecule has 0 aliphatic heterocycles. The molecule has 0 aliphatic rings. The second kappa shape index (κ2) is 5.07. The monoisotopic (exact) mass is 214 g/mol. The van der Waals surface area contributed by atoms with Gasteiger partial charge in [-0.05, 0) is 19.9 Å². The average Bonchev–Trinajstić information content (AvgIpc) is 2.52. The summed E-state index contributed by atoms with van der Waals surface area (Å²) in [4.78, 5) is 15.1. The summed E-state index contributed by atoms with van der Waals surface area (Å²) >= 11 is 1.47. The lowest BCUT2D eigenvalue weighted by molar-refractivity contribution is -0.139. The molecule has 0 radical (unpaired) electrons. The SMILES string of the molecule is CCCNC(C(=O)O)c1csc(C)n1. The van der Waals surface area contributed by atoms with Crippen molar-refractivity contribution >= 4 is 17.3 Å². The van der Waals surface area contributed by atoms with Gasteiger partial charge in [-0.2, -0.15) is 0 Å². The van der Waals surface area contributed by atoms with Gasteiger partial charge >= 0.3 is 5.97 Å². The van der Waals surface area contributed by atoms with Crippen molar-refractivity contribution in [3.63, 3.8) is 0 Å². The first-order valence-corrected chi connectivity index (χ1v) is 5.41. The first kappa shape index (κ1) is 11.1. The Morgan fingerprint density at radius 1 is 1.79 bits per heavy atom. The zero-order chi connectivity index (χ0) is 10.6. The van der Waals surface area contributed by atoms with Crippen LogP contribution in [0, 0.1) is 6.92 Å². The normalized spacial score (nSPS) is 12.7. The minimum absolute atomic E-state index is 0.605. The lowest BCUT2D eigenvalue weighted by Gasteiger charge is -2.10. The average molecular weight is 214 g/mol. The molecule has 1 aromatic heterocycles. The van der Waals surface area contributed by atoms with Crippen molar-refractivity contribution in [1.82, 2.24) is 10.3 Å². The highest BCUT2D eigenvalue weighted by atomic mass is 32.1. The number of aliphatic carboxylic acids is 1. The molecule has 0 saturated carbocycles. The highest BCUT2D eigenvalue weighted by molar-refractivity contribution is 7.09. The van der Waals surface area contributed by atoms with E-state index in [4.69, 9.17) is 5.11 Å². The minimum Gasteiger partial charge on any atom is -0.480 e. The van der Waals surface area contributed by atoms with Crippen LogP contribution in [0.2, 0.25) is 0 Å². The van der Waals surface area contributed by atoms with Crippen LogP contribution in [0.15, 0.2) is 5.38 Å². The van der Waals surface area contributed by atoms with E-state index in [-0.39, 0.29) is 0 Å². The lowest BCUT2D eigenvalue weighted by Crippen LogP contribution is -2.29. The van der Waals surface area contributed by atoms with Gasteiger partial charge in [-0.25, -0.2) is 4.98 Å². The van der Waals surface area contributed by atoms with Gasteiger partial charge in [0.1, 0.15) is 6.04 Å². The van der Waals surface area contributed by atoms with E-state index in [1.807, 2.05) is 13.8 Å². The number of rotatable bonds is 5. The maximum Gasteiger partial charge on any atom is 0.327 e. The molecule has 14 heavy (non-hydrogen) atoms. The fourth-order valence-corrected chi connectivity index (χ4v) is 1.76. The van der Waals surface area contributed by atoms with Gasteiger partial charge in [0.25, 0.3) is 0 Å². The third kappa shape index (κ3) is 2.78. The number of carboxylic acids is 1. The maximum absolute atomic E-state index is 10.9. The van der Waals surface area contributed by atoms with Crippen LogP contribution in [0.1, 0.15) is 30.1 Å². The molecule has 2 N–H and O–H groups in total. The van der Waals surface area contributed by atoms with Crippen LogP contribution < -0.4 is 5.32 Å². The summed E-state index contributed by atoms with van der Waals surface area (Å²) in [5.74, 6) is -0.872. The molecular weight excluding hydrogens is 200 g/mol. The molecule has 1 aromatic rings. The number of hydrogen-bond donors (Lipinski definition) is 2. The largest absolute Gasteiger partial charge is 0.480 e. The van der Waals surface area contributed by atoms with E-state index in [2.05, 4.69) is 10.3 Å². The highest BCUT2D eigenvalue weighted by Gasteiger charge is 2.20. The van der Waals surface area contributed by atoms with Crippen molar-refractivity contribution in [3.05, 3.63) is 16.1 Å². The van der Waals surface area contributed by atoms with Crippen LogP contribution >= 0.6 is 11.3 Å². The Bertz CT molecular complexity index is 312. The summed E-state index contributed by atoms with van der Waals surface area (Å²) in [6, 6.07) is -0.667. The zero-order valence-electron chi connectivity index (χ0n) is 8.28. The van der Waals surface area contributed by atoms with E-state index in [0.717, 1.165) is 11.4 Å². The van der Waals surface area contributed by atoms with Crippen LogP contribution in [-0.2, 0) is 4.79 Å². The molecule has 0 amide bonds. The van der Waals surface area contributed by atoms with Gasteiger partial charge in [-0.15, -0.1) is 11.3 Å². The summed E-state index contributed by atoms with van der Waals surface area (Å²) in [5.41, 5.74) is 0.605. The first-order valence-electron chi connectivity index (χ1n) is 4.53. The van der Waals surface area contributed by atoms with E-state index in [1.165, 1.54) is 11.3 Å². The molecule has 0 aliphatic carbocycles. The summed E-state index contributed by atoms with van der Waals surface area (Å²) < 4.78 is 0. The number of nitrogens with zero attached hydrogens (tertiary/aromatic N) is 1. The molecule has 78 valence electrons. The van der Waals surface area contributed by atoms with Crippen molar-refractivity contribution in [3.8, 4) is 0 Å². The molecule has 1 unspecified atom stereocenters. The van der Waals surface area contributed by atoms with Crippen LogP contribution in [0.4, 0.5) is 0 Å². The Kier molecular flexibility index (Phi) is 4.03. The second-order valence-corrected chi connectivity index (χ2v) is 4.08. The molecule has 1 heterocycles. The summed E-state index contributed by atoms with van der Waals surface area (Å²) in [6.07, 6.45) is 0.910. The molecule has 0 saturated heterocycles. The van der Waals surface area contributed by atoms with E-state index < -0.39 is 12.0 Å². The Labute approximate surface area is 87.0 Å². The van der Waals surface area contributed by atoms with Crippen molar-refractivity contribution in [2.24, 2.45) is 0 Å². The van der Waals surface area contributed by atoms with Crippen LogP contribution in [0.25, 0.3) is 0 Å². The fourth-order valence-electron chi connectivity index (χ4n) is 1.12. The van der Waals surface area contributed by atoms with Crippen LogP contribution in [0.3, 0.4) is 0 Å². The van der Waals surface area contributed by atoms with Crippen LogP contribution in [0.5, 0.6) is 0 Å². The number of nitrogens with one attached hydrogen (secondary N) is 1. The van der Waals surface area contributed by atoms with Gasteiger partial charge in [0, 0.05) is 5.38 Å². The van der Waals surface area contributed by atoms with Crippen molar-refractivity contribution in [2.75, 3.05) is 6.54 Å². The zero-order valence-corrected chi connectivity index (χ0v) is 9.10. The molecule has 1 atom stereocenters. The molecule has 0 fully saturated rings. The van der Waals surface area contributed by atoms with Gasteiger partial charge in [-0.3, -0.25) is 10.1 Å². The number of carbonyl (C=O) groups is 1. The van der Waals surface area contributed by atoms with Gasteiger partial charge in [0.2, 0.25) is 0 Å². The Morgan fingerprint density at radius 2 is 2.50 bits per heavy atom. The van der Waals surface area contributed by atoms with Gasteiger partial charge in [-0.1, -0.05) is 6.92 Å². The highest BCUT2D eigenvalue weighted by Crippen LogP contribution is 2.16. The van der Waals surface area contributed by atoms with Gasteiger partial charge in [0.05, 0.1) is 10.7 Å². The fraction of sp³-hybridized carbons (Fsp3) is 0.556. The summed E-state index contributed by atoms with van der Waals surface area (Å²) in [7, 11) is 0. The maximum atomic E-state index is 10.9. The molecule has 4 nitrogen and oxygen atoms in total. The quantitative estimate of drug-likeness (QED) is 0.781. The number of hydrogen-bond acceptors (Lipinski definition) is 4. The van der Waals surface area contributed by atoms with Crippen molar-refractivity contribution in [1.29, 1.82) is 0 Å². The number of aryl methyl sites for hydroxylation is 1. The van der Waals surface area contributed by atoms with Gasteiger partial charge in [0.15, 0.2) is 0 Å². The van der Waals surface area contributed by atoms with E-state index in [1.54, 1.807) is 5.38 Å². The predicted molar refractivity (Wildman–Crippen MR) is 55.5 cm³/mol. The third-order valence-electron chi connectivity index (χ3n) is 1.78.